The zero-order valence-electron chi connectivity index (χ0n) is 1.86. The summed E-state index contributed by atoms with van der Waals surface area (Å²) in [4.78, 5) is 0. The molecule has 0 spiro atoms. The summed E-state index contributed by atoms with van der Waals surface area (Å²) in [7, 11) is 0. The minimum absolute atomic E-state index is 0.264. The molecule has 2 N–H and O–H groups in total. The summed E-state index contributed by atoms with van der Waals surface area (Å²) in [5, 5.41) is 0. The van der Waals surface area contributed by atoms with E-state index in [1.165, 1.54) is 0 Å². The van der Waals surface area contributed by atoms with Gasteiger partial charge in [0.15, 0.2) is 0 Å². The van der Waals surface area contributed by atoms with Gasteiger partial charge in [-0.15, -0.1) is 0 Å². The van der Waals surface area contributed by atoms with Crippen LogP contribution in [0.25, 0.3) is 0 Å². The number of rotatable bonds is 0. The van der Waals surface area contributed by atoms with E-state index in [0.29, 0.717) is 0 Å². The molecule has 0 unspecified atom stereocenters. The van der Waals surface area contributed by atoms with Crippen molar-refractivity contribution in [3.63, 3.8) is 0 Å². The van der Waals surface area contributed by atoms with Crippen molar-refractivity contribution in [3.05, 3.63) is 0 Å². The second-order valence-electron chi connectivity index (χ2n) is 0.304. The molecule has 0 aliphatic rings. The first-order chi connectivity index (χ1) is 1.73. The van der Waals surface area contributed by atoms with E-state index in [1.807, 2.05) is 0 Å². The van der Waals surface area contributed by atoms with E-state index in [0.717, 1.165) is 0 Å². The molecule has 4 heavy (non-hydrogen) atoms. The molecule has 0 radical (unpaired) electrons. The predicted octanol–water partition coefficient (Wildman–Crippen LogP) is -0.560. The molecule has 0 aromatic heterocycles. The Hall–Kier alpha value is 0.479. The van der Waals surface area contributed by atoms with Gasteiger partial charge in [0, 0.05) is 0 Å². The summed E-state index contributed by atoms with van der Waals surface area (Å²) in [5.41, 5.74) is 4.74. The van der Waals surface area contributed by atoms with Crippen LogP contribution in [-0.2, 0) is 0 Å². The summed E-state index contributed by atoms with van der Waals surface area (Å²) < 4.78 is 0.264. The third-order valence-corrected chi connectivity index (χ3v) is 0. The van der Waals surface area contributed by atoms with Gasteiger partial charge in [0.2, 0.25) is 0 Å². The van der Waals surface area contributed by atoms with Crippen molar-refractivity contribution in [2.45, 2.75) is 0 Å². The third-order valence-electron chi connectivity index (χ3n) is 0. The van der Waals surface area contributed by atoms with Crippen molar-refractivity contribution >= 4 is 31.2 Å². The van der Waals surface area contributed by atoms with E-state index in [9.17, 15) is 0 Å². The molecule has 0 heterocycles. The van der Waals surface area contributed by atoms with Crippen molar-refractivity contribution in [1.29, 1.82) is 0 Å². The Morgan fingerprint density at radius 2 is 2.00 bits per heavy atom. The molecule has 0 aromatic rings. The summed E-state index contributed by atoms with van der Waals surface area (Å²) in [6.07, 6.45) is 0. The molecule has 0 saturated heterocycles. The molecule has 24 valence electrons. The van der Waals surface area contributed by atoms with Gasteiger partial charge in [-0.05, 0) is 0 Å². The molecular formula is CH2ClNSe. The Kier molecular flexibility index (Phi) is 1.98. The summed E-state index contributed by atoms with van der Waals surface area (Å²) in [6.45, 7) is 0. The Morgan fingerprint density at radius 3 is 2.00 bits per heavy atom. The zero-order chi connectivity index (χ0) is 3.58. The van der Waals surface area contributed by atoms with Crippen LogP contribution < -0.4 is 5.73 Å². The van der Waals surface area contributed by atoms with Crippen molar-refractivity contribution in [1.82, 2.24) is 0 Å². The Bertz CT molecular complexity index is 31.0. The number of nitrogens with two attached hydrogens (primary N) is 1. The van der Waals surface area contributed by atoms with E-state index < -0.39 is 0 Å². The van der Waals surface area contributed by atoms with Gasteiger partial charge in [-0.25, -0.2) is 0 Å². The fourth-order valence-corrected chi connectivity index (χ4v) is 0. The molecule has 3 heteroatoms. The topological polar surface area (TPSA) is 26.0 Å². The van der Waals surface area contributed by atoms with Gasteiger partial charge >= 0.3 is 36.9 Å². The first-order valence-corrected chi connectivity index (χ1v) is 1.92. The van der Waals surface area contributed by atoms with Crippen LogP contribution in [0.15, 0.2) is 0 Å². The Morgan fingerprint density at radius 1 is 2.00 bits per heavy atom. The van der Waals surface area contributed by atoms with Crippen molar-refractivity contribution in [3.8, 4) is 0 Å². The SMILES string of the molecule is NC(Cl)=[Se]. The molecule has 0 bridgehead atoms. The molecule has 0 aliphatic heterocycles. The number of halogens is 1. The van der Waals surface area contributed by atoms with E-state index in [2.05, 4.69) is 15.6 Å². The standard InChI is InChI=1S/CH2ClNSe/c2-1(3)4/h(H2,3,4). The molecule has 0 atom stereocenters. The predicted molar refractivity (Wildman–Crippen MR) is 20.8 cm³/mol. The summed E-state index contributed by atoms with van der Waals surface area (Å²) >= 11 is 7.28. The van der Waals surface area contributed by atoms with Crippen LogP contribution in [0.1, 0.15) is 0 Å². The fraction of sp³-hybridized carbons (Fsp3) is 0. The van der Waals surface area contributed by atoms with Gasteiger partial charge in [-0.3, -0.25) is 0 Å². The van der Waals surface area contributed by atoms with Gasteiger partial charge in [-0.1, -0.05) is 0 Å². The average molecular weight is 142 g/mol. The van der Waals surface area contributed by atoms with Gasteiger partial charge in [-0.2, -0.15) is 0 Å². The van der Waals surface area contributed by atoms with Crippen LogP contribution in [0.2, 0.25) is 0 Å². The Balaban J connectivity index is 2.80. The summed E-state index contributed by atoms with van der Waals surface area (Å²) in [5.74, 6) is 0. The monoisotopic (exact) mass is 143 g/mol. The third kappa shape index (κ3) is 23.6. The second-order valence-corrected chi connectivity index (χ2v) is 2.14. The zero-order valence-corrected chi connectivity index (χ0v) is 4.33. The van der Waals surface area contributed by atoms with Gasteiger partial charge < -0.3 is 0 Å². The van der Waals surface area contributed by atoms with E-state index in [4.69, 9.17) is 17.3 Å². The normalized spacial score (nSPS) is 6.25. The van der Waals surface area contributed by atoms with Crippen LogP contribution in [0, 0.1) is 0 Å². The van der Waals surface area contributed by atoms with E-state index in [-0.39, 0.29) is 4.00 Å². The van der Waals surface area contributed by atoms with Crippen LogP contribution in [-0.4, -0.2) is 19.6 Å². The van der Waals surface area contributed by atoms with Crippen molar-refractivity contribution in [2.24, 2.45) is 5.73 Å². The first kappa shape index (κ1) is 4.48. The fourth-order valence-electron chi connectivity index (χ4n) is 0. The number of hydrogen-bond donors (Lipinski definition) is 1. The first-order valence-electron chi connectivity index (χ1n) is 0.682. The maximum absolute atomic E-state index is 4.91. The van der Waals surface area contributed by atoms with Gasteiger partial charge in [0.05, 0.1) is 0 Å². The van der Waals surface area contributed by atoms with Crippen LogP contribution in [0.5, 0.6) is 0 Å². The molecule has 0 aromatic carbocycles. The average Bonchev–Trinajstić information content (AvgIpc) is 0.811. The second kappa shape index (κ2) is 1.77. The van der Waals surface area contributed by atoms with E-state index >= 15 is 0 Å². The van der Waals surface area contributed by atoms with Crippen LogP contribution in [0.3, 0.4) is 0 Å². The minimum atomic E-state index is 0.264. The maximum atomic E-state index is 4.91. The molecular weight excluding hydrogens is 140 g/mol. The molecule has 0 aliphatic carbocycles. The van der Waals surface area contributed by atoms with Crippen molar-refractivity contribution in [2.75, 3.05) is 0 Å². The molecule has 0 rings (SSSR count). The van der Waals surface area contributed by atoms with E-state index in [1.54, 1.807) is 0 Å². The van der Waals surface area contributed by atoms with Gasteiger partial charge in [0.25, 0.3) is 0 Å². The molecule has 0 fully saturated rings. The molecule has 0 saturated carbocycles. The van der Waals surface area contributed by atoms with Crippen LogP contribution in [0.4, 0.5) is 0 Å². The number of hydrogen-bond acceptors (Lipinski definition) is 1. The van der Waals surface area contributed by atoms with Gasteiger partial charge in [0.1, 0.15) is 0 Å². The Labute approximate surface area is 37.5 Å². The molecule has 0 amide bonds. The molecule has 1 nitrogen and oxygen atoms in total. The van der Waals surface area contributed by atoms with Crippen LogP contribution >= 0.6 is 11.6 Å². The quantitative estimate of drug-likeness (QED) is 0.356. The van der Waals surface area contributed by atoms with Crippen molar-refractivity contribution < 1.29 is 0 Å². The summed E-state index contributed by atoms with van der Waals surface area (Å²) in [6, 6.07) is 0.